The minimum atomic E-state index is 0.891. The van der Waals surface area contributed by atoms with Crippen molar-refractivity contribution >= 4 is 15.9 Å². The Bertz CT molecular complexity index is 221. The molecule has 1 heteroatoms. The molecule has 0 fully saturated rings. The first kappa shape index (κ1) is 12.0. The summed E-state index contributed by atoms with van der Waals surface area (Å²) < 4.78 is 0. The smallest absolute Gasteiger partial charge is 0.00627 e. The summed E-state index contributed by atoms with van der Waals surface area (Å²) in [6.45, 7) is 4.35. The molecule has 1 aliphatic rings. The van der Waals surface area contributed by atoms with Gasteiger partial charge in [-0.2, -0.15) is 0 Å². The molecule has 0 aliphatic heterocycles. The maximum absolute atomic E-state index is 3.56. The van der Waals surface area contributed by atoms with E-state index in [0.717, 1.165) is 5.92 Å². The Morgan fingerprint density at radius 3 is 2.86 bits per heavy atom. The molecule has 0 saturated heterocycles. The molecule has 0 aromatic heterocycles. The lowest BCUT2D eigenvalue weighted by Crippen LogP contribution is -2.06. The van der Waals surface area contributed by atoms with E-state index in [1.165, 1.54) is 43.0 Å². The van der Waals surface area contributed by atoms with Crippen LogP contribution >= 0.6 is 15.9 Å². The second kappa shape index (κ2) is 6.44. The number of allylic oxidation sites excluding steroid dienone is 4. The van der Waals surface area contributed by atoms with Crippen LogP contribution in [-0.4, -0.2) is 5.33 Å². The molecule has 1 rings (SSSR count). The van der Waals surface area contributed by atoms with Gasteiger partial charge in [0.1, 0.15) is 0 Å². The van der Waals surface area contributed by atoms with Gasteiger partial charge >= 0.3 is 0 Å². The summed E-state index contributed by atoms with van der Waals surface area (Å²) in [7, 11) is 0. The normalized spacial score (nSPS) is 21.6. The molecule has 0 unspecified atom stereocenters. The summed E-state index contributed by atoms with van der Waals surface area (Å²) in [5.41, 5.74) is 3.12. The SMILES string of the molecule is CC(C)=CCCC1=CC[C@@H](CBr)CC1. The minimum absolute atomic E-state index is 0.891. The highest BCUT2D eigenvalue weighted by atomic mass is 79.9. The molecule has 0 bridgehead atoms. The average molecular weight is 257 g/mol. The lowest BCUT2D eigenvalue weighted by molar-refractivity contribution is 0.517. The summed E-state index contributed by atoms with van der Waals surface area (Å²) in [6, 6.07) is 0. The zero-order valence-electron chi connectivity index (χ0n) is 9.35. The molecule has 0 spiro atoms. The van der Waals surface area contributed by atoms with E-state index in [4.69, 9.17) is 0 Å². The highest BCUT2D eigenvalue weighted by Gasteiger charge is 2.12. The fraction of sp³-hybridized carbons (Fsp3) is 0.692. The van der Waals surface area contributed by atoms with Crippen LogP contribution in [0.3, 0.4) is 0 Å². The van der Waals surface area contributed by atoms with E-state index < -0.39 is 0 Å². The number of rotatable bonds is 4. The standard InChI is InChI=1S/C13H21Br/c1-11(2)4-3-5-12-6-8-13(10-14)9-7-12/h4,6,13H,3,5,7-10H2,1-2H3/t13-/m1/s1. The summed E-state index contributed by atoms with van der Waals surface area (Å²) in [5.74, 6) is 0.891. The molecule has 0 radical (unpaired) electrons. The lowest BCUT2D eigenvalue weighted by Gasteiger charge is -2.19. The van der Waals surface area contributed by atoms with Crippen molar-refractivity contribution < 1.29 is 0 Å². The molecule has 0 N–H and O–H groups in total. The second-order valence-electron chi connectivity index (χ2n) is 4.48. The van der Waals surface area contributed by atoms with E-state index in [1.807, 2.05) is 0 Å². The number of hydrogen-bond acceptors (Lipinski definition) is 0. The van der Waals surface area contributed by atoms with Gasteiger partial charge in [0.25, 0.3) is 0 Å². The topological polar surface area (TPSA) is 0 Å². The maximum Gasteiger partial charge on any atom is 0.00627 e. The van der Waals surface area contributed by atoms with E-state index in [1.54, 1.807) is 5.57 Å². The molecule has 0 aromatic rings. The molecule has 80 valence electrons. The summed E-state index contributed by atoms with van der Waals surface area (Å²) in [4.78, 5) is 0. The lowest BCUT2D eigenvalue weighted by atomic mass is 9.89. The van der Waals surface area contributed by atoms with Crippen molar-refractivity contribution in [3.63, 3.8) is 0 Å². The Morgan fingerprint density at radius 1 is 1.57 bits per heavy atom. The zero-order valence-corrected chi connectivity index (χ0v) is 10.9. The van der Waals surface area contributed by atoms with Crippen molar-refractivity contribution in [3.05, 3.63) is 23.3 Å². The quantitative estimate of drug-likeness (QED) is 0.498. The van der Waals surface area contributed by atoms with E-state index in [2.05, 4.69) is 41.9 Å². The molecule has 1 aliphatic carbocycles. The van der Waals surface area contributed by atoms with Crippen molar-refractivity contribution in [3.8, 4) is 0 Å². The molecule has 0 nitrogen and oxygen atoms in total. The Morgan fingerprint density at radius 2 is 2.36 bits per heavy atom. The van der Waals surface area contributed by atoms with Gasteiger partial charge in [0.15, 0.2) is 0 Å². The van der Waals surface area contributed by atoms with Crippen LogP contribution in [-0.2, 0) is 0 Å². The third kappa shape index (κ3) is 4.45. The van der Waals surface area contributed by atoms with Crippen LogP contribution in [0.5, 0.6) is 0 Å². The minimum Gasteiger partial charge on any atom is -0.0925 e. The molecule has 0 amide bonds. The van der Waals surface area contributed by atoms with Crippen molar-refractivity contribution in [1.82, 2.24) is 0 Å². The van der Waals surface area contributed by atoms with Crippen molar-refractivity contribution in [2.24, 2.45) is 5.92 Å². The summed E-state index contributed by atoms with van der Waals surface area (Å²) in [6.07, 6.45) is 11.3. The van der Waals surface area contributed by atoms with Gasteiger partial charge in [-0.25, -0.2) is 0 Å². The predicted molar refractivity (Wildman–Crippen MR) is 67.9 cm³/mol. The van der Waals surface area contributed by atoms with Gasteiger partial charge < -0.3 is 0 Å². The van der Waals surface area contributed by atoms with E-state index >= 15 is 0 Å². The van der Waals surface area contributed by atoms with E-state index in [-0.39, 0.29) is 0 Å². The monoisotopic (exact) mass is 256 g/mol. The highest BCUT2D eigenvalue weighted by Crippen LogP contribution is 2.27. The van der Waals surface area contributed by atoms with E-state index in [0.29, 0.717) is 0 Å². The second-order valence-corrected chi connectivity index (χ2v) is 5.12. The molecule has 1 atom stereocenters. The summed E-state index contributed by atoms with van der Waals surface area (Å²) in [5, 5.41) is 1.17. The molecule has 14 heavy (non-hydrogen) atoms. The van der Waals surface area contributed by atoms with Crippen LogP contribution in [0.2, 0.25) is 0 Å². The predicted octanol–water partition coefficient (Wildman–Crippen LogP) is 4.85. The molecule has 0 aromatic carbocycles. The van der Waals surface area contributed by atoms with Gasteiger partial charge in [-0.05, 0) is 51.9 Å². The first-order chi connectivity index (χ1) is 6.72. The summed E-state index contributed by atoms with van der Waals surface area (Å²) >= 11 is 3.56. The fourth-order valence-electron chi connectivity index (χ4n) is 1.86. The first-order valence-electron chi connectivity index (χ1n) is 5.59. The molecule has 0 heterocycles. The Labute approximate surface area is 96.6 Å². The van der Waals surface area contributed by atoms with Crippen molar-refractivity contribution in [1.29, 1.82) is 0 Å². The maximum atomic E-state index is 3.56. The number of halogens is 1. The van der Waals surface area contributed by atoms with Gasteiger partial charge in [-0.15, -0.1) is 0 Å². The zero-order chi connectivity index (χ0) is 10.4. The van der Waals surface area contributed by atoms with E-state index in [9.17, 15) is 0 Å². The van der Waals surface area contributed by atoms with Gasteiger partial charge in [0.2, 0.25) is 0 Å². The average Bonchev–Trinajstić information content (AvgIpc) is 2.18. The largest absolute Gasteiger partial charge is 0.0925 e. The Kier molecular flexibility index (Phi) is 5.54. The van der Waals surface area contributed by atoms with Crippen LogP contribution in [0.1, 0.15) is 46.0 Å². The number of hydrogen-bond donors (Lipinski definition) is 0. The highest BCUT2D eigenvalue weighted by molar-refractivity contribution is 9.09. The van der Waals surface area contributed by atoms with Gasteiger partial charge in [0.05, 0.1) is 0 Å². The van der Waals surface area contributed by atoms with Crippen LogP contribution in [0.15, 0.2) is 23.3 Å². The third-order valence-corrected chi connectivity index (χ3v) is 3.77. The van der Waals surface area contributed by atoms with Crippen molar-refractivity contribution in [2.45, 2.75) is 46.0 Å². The Balaban J connectivity index is 2.26. The van der Waals surface area contributed by atoms with Crippen LogP contribution in [0.4, 0.5) is 0 Å². The van der Waals surface area contributed by atoms with Crippen LogP contribution in [0, 0.1) is 5.92 Å². The van der Waals surface area contributed by atoms with Crippen molar-refractivity contribution in [2.75, 3.05) is 5.33 Å². The van der Waals surface area contributed by atoms with Crippen LogP contribution in [0.25, 0.3) is 0 Å². The number of alkyl halides is 1. The molecule has 0 saturated carbocycles. The van der Waals surface area contributed by atoms with Gasteiger partial charge in [-0.3, -0.25) is 0 Å². The molecular formula is C13H21Br. The Hall–Kier alpha value is -0.0400. The van der Waals surface area contributed by atoms with Crippen LogP contribution < -0.4 is 0 Å². The third-order valence-electron chi connectivity index (χ3n) is 2.85. The first-order valence-corrected chi connectivity index (χ1v) is 6.71. The van der Waals surface area contributed by atoms with Gasteiger partial charge in [-0.1, -0.05) is 39.2 Å². The molecular weight excluding hydrogens is 236 g/mol. The van der Waals surface area contributed by atoms with Gasteiger partial charge in [0, 0.05) is 5.33 Å². The fourth-order valence-corrected chi connectivity index (χ4v) is 2.44.